The van der Waals surface area contributed by atoms with E-state index in [1.807, 2.05) is 41.5 Å². The highest BCUT2D eigenvalue weighted by Gasteiger charge is 2.26. The van der Waals surface area contributed by atoms with E-state index in [9.17, 15) is 0 Å². The topological polar surface area (TPSA) is 12.4 Å². The van der Waals surface area contributed by atoms with Crippen molar-refractivity contribution in [3.05, 3.63) is 63.5 Å². The average Bonchev–Trinajstić information content (AvgIpc) is 2.95. The number of allylic oxidation sites excluding steroid dienone is 3. The van der Waals surface area contributed by atoms with Crippen molar-refractivity contribution in [3.8, 4) is 11.1 Å². The Morgan fingerprint density at radius 2 is 1.41 bits per heavy atom. The van der Waals surface area contributed by atoms with Crippen molar-refractivity contribution in [1.82, 2.24) is 0 Å². The number of aryl methyl sites for hydroxylation is 1. The lowest BCUT2D eigenvalue weighted by atomic mass is 9.81. The Balaban J connectivity index is 0.00000382. The van der Waals surface area contributed by atoms with Gasteiger partial charge in [0.1, 0.15) is 5.69 Å². The summed E-state index contributed by atoms with van der Waals surface area (Å²) in [6, 6.07) is 4.25. The predicted octanol–water partition coefficient (Wildman–Crippen LogP) is 13.4. The number of halogens is 1. The monoisotopic (exact) mass is 563 g/mol. The first-order valence-corrected chi connectivity index (χ1v) is 16.2. The van der Waals surface area contributed by atoms with Crippen molar-refractivity contribution < 1.29 is 4.39 Å². The van der Waals surface area contributed by atoms with Gasteiger partial charge < -0.3 is 0 Å². The molecule has 1 unspecified atom stereocenters. The Kier molecular flexibility index (Phi) is 17.7. The molecule has 41 heavy (non-hydrogen) atoms. The van der Waals surface area contributed by atoms with Crippen molar-refractivity contribution in [2.24, 2.45) is 10.9 Å². The second kappa shape index (κ2) is 18.9. The third kappa shape index (κ3) is 9.52. The van der Waals surface area contributed by atoms with Crippen LogP contribution in [0.4, 0.5) is 10.1 Å². The molecule has 2 rings (SSSR count). The molecule has 2 aromatic rings. The maximum Gasteiger partial charge on any atom is 0.157 e. The first-order chi connectivity index (χ1) is 19.4. The van der Waals surface area contributed by atoms with E-state index < -0.39 is 0 Å². The summed E-state index contributed by atoms with van der Waals surface area (Å²) < 4.78 is 16.9. The van der Waals surface area contributed by atoms with Gasteiger partial charge in [0.15, 0.2) is 5.82 Å². The molecule has 0 radical (unpaired) electrons. The maximum absolute atomic E-state index is 16.9. The third-order valence-corrected chi connectivity index (χ3v) is 7.98. The highest BCUT2D eigenvalue weighted by Crippen LogP contribution is 2.45. The zero-order chi connectivity index (χ0) is 32.0. The Bertz CT molecular complexity index is 1210. The molecule has 0 saturated carbocycles. The van der Waals surface area contributed by atoms with Crippen molar-refractivity contribution in [2.45, 2.75) is 142 Å². The van der Waals surface area contributed by atoms with Crippen molar-refractivity contribution in [3.63, 3.8) is 0 Å². The Morgan fingerprint density at radius 3 is 1.88 bits per heavy atom. The maximum atomic E-state index is 16.9. The van der Waals surface area contributed by atoms with E-state index >= 15 is 4.39 Å². The summed E-state index contributed by atoms with van der Waals surface area (Å²) in [6.45, 7) is 35.9. The number of nitrogens with zero attached hydrogens (tertiary/aromatic N) is 1. The molecule has 0 heterocycles. The Morgan fingerprint density at radius 1 is 0.854 bits per heavy atom. The van der Waals surface area contributed by atoms with Gasteiger partial charge in [-0.25, -0.2) is 4.39 Å². The fourth-order valence-corrected chi connectivity index (χ4v) is 5.53. The van der Waals surface area contributed by atoms with Crippen molar-refractivity contribution in [2.75, 3.05) is 0 Å². The predicted molar refractivity (Wildman–Crippen MR) is 187 cm³/mol. The van der Waals surface area contributed by atoms with Crippen LogP contribution in [0.5, 0.6) is 0 Å². The Hall–Kier alpha value is -2.48. The summed E-state index contributed by atoms with van der Waals surface area (Å²) in [4.78, 5) is 5.00. The van der Waals surface area contributed by atoms with E-state index in [2.05, 4.69) is 81.0 Å². The van der Waals surface area contributed by atoms with Gasteiger partial charge in [0.25, 0.3) is 0 Å². The number of aliphatic imine (C=N–C) groups is 1. The molecule has 0 aliphatic carbocycles. The summed E-state index contributed by atoms with van der Waals surface area (Å²) in [7, 11) is 0. The summed E-state index contributed by atoms with van der Waals surface area (Å²) in [5, 5.41) is 0. The van der Waals surface area contributed by atoms with Crippen molar-refractivity contribution >= 4 is 22.5 Å². The third-order valence-electron chi connectivity index (χ3n) is 7.98. The van der Waals surface area contributed by atoms with Gasteiger partial charge in [-0.15, -0.1) is 0 Å². The minimum atomic E-state index is -0.209. The molecule has 230 valence electrons. The number of benzene rings is 2. The lowest BCUT2D eigenvalue weighted by molar-refractivity contribution is 0.496. The first kappa shape index (κ1) is 38.5. The second-order valence-electron chi connectivity index (χ2n) is 11.2. The van der Waals surface area contributed by atoms with Crippen LogP contribution in [0.25, 0.3) is 22.3 Å². The van der Waals surface area contributed by atoms with Gasteiger partial charge in [-0.2, -0.15) is 0 Å². The number of hydrogen-bond acceptors (Lipinski definition) is 1. The van der Waals surface area contributed by atoms with Gasteiger partial charge in [-0.1, -0.05) is 92.5 Å². The molecule has 0 saturated heterocycles. The zero-order valence-electron chi connectivity index (χ0n) is 29.5. The van der Waals surface area contributed by atoms with Gasteiger partial charge in [-0.05, 0) is 125 Å². The van der Waals surface area contributed by atoms with Crippen LogP contribution in [-0.2, 0) is 12.8 Å². The van der Waals surface area contributed by atoms with Crippen molar-refractivity contribution in [1.29, 1.82) is 0 Å². The van der Waals surface area contributed by atoms with E-state index in [4.69, 9.17) is 4.99 Å². The van der Waals surface area contributed by atoms with Crippen LogP contribution in [0.1, 0.15) is 149 Å². The zero-order valence-corrected chi connectivity index (χ0v) is 29.5. The molecular formula is C39H62FN. The normalized spacial score (nSPS) is 11.7. The largest absolute Gasteiger partial charge is 0.254 e. The molecule has 0 bridgehead atoms. The van der Waals surface area contributed by atoms with Gasteiger partial charge in [0.2, 0.25) is 0 Å². The molecule has 0 aliphatic rings. The standard InChI is InChI=1S/C35H50FN.2C2H6/c1-13-16-23(8)17-19-25(10)37-35-31(22(6)7)28(14-2)29(15-3)33(34(35)36)30-20-18-24(9)27(12)32(30)26(11)21(4)5;2*1-2/h18,20,23H,6,13-17,19H2,1-5,7-12H3;2*1-2H3. The minimum absolute atomic E-state index is 0.209. The first-order valence-electron chi connectivity index (χ1n) is 16.2. The van der Waals surface area contributed by atoms with Gasteiger partial charge >= 0.3 is 0 Å². The van der Waals surface area contributed by atoms with Crippen LogP contribution in [0.2, 0.25) is 0 Å². The smallest absolute Gasteiger partial charge is 0.157 e. The number of rotatable bonds is 11. The summed E-state index contributed by atoms with van der Waals surface area (Å²) in [5.74, 6) is 0.439. The molecule has 0 spiro atoms. The lowest BCUT2D eigenvalue weighted by Gasteiger charge is -2.25. The van der Waals surface area contributed by atoms with Crippen LogP contribution in [0.15, 0.2) is 29.3 Å². The molecule has 0 aromatic heterocycles. The van der Waals surface area contributed by atoms with E-state index in [-0.39, 0.29) is 5.82 Å². The lowest BCUT2D eigenvalue weighted by Crippen LogP contribution is -2.07. The van der Waals surface area contributed by atoms with Crippen LogP contribution < -0.4 is 0 Å². The highest BCUT2D eigenvalue weighted by atomic mass is 19.1. The molecule has 1 atom stereocenters. The Labute approximate surface area is 254 Å². The summed E-state index contributed by atoms with van der Waals surface area (Å²) >= 11 is 0. The molecule has 2 aromatic carbocycles. The molecular weight excluding hydrogens is 501 g/mol. The molecule has 1 nitrogen and oxygen atoms in total. The van der Waals surface area contributed by atoms with Gasteiger partial charge in [0.05, 0.1) is 0 Å². The summed E-state index contributed by atoms with van der Waals surface area (Å²) in [5.41, 5.74) is 13.2. The SMILES string of the molecule is C=C(C)c1c(CC)c(CC)c(-c2ccc(C)c(C)c2C(C)=C(C)C)c(F)c1N=C(C)CCC(C)CCC.CC.CC. The van der Waals surface area contributed by atoms with Crippen LogP contribution in [0, 0.1) is 25.6 Å². The van der Waals surface area contributed by atoms with Crippen LogP contribution in [-0.4, -0.2) is 5.71 Å². The van der Waals surface area contributed by atoms with E-state index in [1.54, 1.807) is 0 Å². The molecule has 0 fully saturated rings. The fourth-order valence-electron chi connectivity index (χ4n) is 5.53. The second-order valence-corrected chi connectivity index (χ2v) is 11.2. The molecule has 0 N–H and O–H groups in total. The van der Waals surface area contributed by atoms with Crippen LogP contribution >= 0.6 is 0 Å². The van der Waals surface area contributed by atoms with E-state index in [1.165, 1.54) is 40.7 Å². The number of hydrogen-bond donors (Lipinski definition) is 0. The average molecular weight is 564 g/mol. The van der Waals surface area contributed by atoms with E-state index in [0.717, 1.165) is 59.2 Å². The van der Waals surface area contributed by atoms with Gasteiger partial charge in [0, 0.05) is 16.8 Å². The molecule has 0 amide bonds. The van der Waals surface area contributed by atoms with E-state index in [0.29, 0.717) is 17.2 Å². The fraction of sp³-hybridized carbons (Fsp3) is 0.564. The highest BCUT2D eigenvalue weighted by molar-refractivity contribution is 5.93. The molecule has 2 heteroatoms. The molecule has 0 aliphatic heterocycles. The summed E-state index contributed by atoms with van der Waals surface area (Å²) in [6.07, 6.45) is 5.94. The minimum Gasteiger partial charge on any atom is -0.254 e. The van der Waals surface area contributed by atoms with Crippen LogP contribution in [0.3, 0.4) is 0 Å². The quantitative estimate of drug-likeness (QED) is 0.241. The van der Waals surface area contributed by atoms with Gasteiger partial charge in [-0.3, -0.25) is 4.99 Å².